The van der Waals surface area contributed by atoms with Crippen molar-refractivity contribution in [2.24, 2.45) is 5.92 Å². The second-order valence-electron chi connectivity index (χ2n) is 6.14. The van der Waals surface area contributed by atoms with Crippen molar-refractivity contribution in [1.82, 2.24) is 15.1 Å². The van der Waals surface area contributed by atoms with E-state index in [4.69, 9.17) is 0 Å². The lowest BCUT2D eigenvalue weighted by Crippen LogP contribution is -2.40. The van der Waals surface area contributed by atoms with Crippen LogP contribution in [0.3, 0.4) is 0 Å². The van der Waals surface area contributed by atoms with Gasteiger partial charge in [0, 0.05) is 37.5 Å². The summed E-state index contributed by atoms with van der Waals surface area (Å²) < 4.78 is 28.6. The lowest BCUT2D eigenvalue weighted by molar-refractivity contribution is -0.126. The van der Waals surface area contributed by atoms with Crippen LogP contribution in [0.25, 0.3) is 0 Å². The quantitative estimate of drug-likeness (QED) is 0.895. The van der Waals surface area contributed by atoms with E-state index in [0.717, 1.165) is 12.1 Å². The number of nitrogens with zero attached hydrogens (tertiary/aromatic N) is 3. The molecule has 6 nitrogen and oxygen atoms in total. The predicted molar refractivity (Wildman–Crippen MR) is 86.6 cm³/mol. The summed E-state index contributed by atoms with van der Waals surface area (Å²) in [7, 11) is 0. The summed E-state index contributed by atoms with van der Waals surface area (Å²) in [6, 6.07) is 4.65. The molecule has 0 aliphatic carbocycles. The number of halogens is 2. The third-order valence-electron chi connectivity index (χ3n) is 4.11. The molecule has 2 heterocycles. The first-order valence-electron chi connectivity index (χ1n) is 7.97. The van der Waals surface area contributed by atoms with Gasteiger partial charge >= 0.3 is 0 Å². The Morgan fingerprint density at radius 3 is 2.92 bits per heavy atom. The maximum absolute atomic E-state index is 13.9. The molecule has 2 amide bonds. The summed E-state index contributed by atoms with van der Waals surface area (Å²) in [5, 5.41) is 6.92. The van der Waals surface area contributed by atoms with E-state index in [0.29, 0.717) is 6.54 Å². The molecule has 0 spiro atoms. The molecule has 0 saturated carbocycles. The number of benzene rings is 1. The Balaban J connectivity index is 1.62. The zero-order valence-corrected chi connectivity index (χ0v) is 13.7. The Bertz CT molecular complexity index is 779. The third-order valence-corrected chi connectivity index (χ3v) is 4.11. The van der Waals surface area contributed by atoms with Crippen molar-refractivity contribution in [2.75, 3.05) is 11.4 Å². The largest absolute Gasteiger partial charge is 0.351 e. The van der Waals surface area contributed by atoms with Gasteiger partial charge in [0.25, 0.3) is 0 Å². The average Bonchev–Trinajstić information content (AvgIpc) is 3.17. The molecule has 1 fully saturated rings. The minimum absolute atomic E-state index is 0.00284. The fourth-order valence-corrected chi connectivity index (χ4v) is 2.91. The molecular weight excluding hydrogens is 330 g/mol. The van der Waals surface area contributed by atoms with E-state index in [1.807, 2.05) is 6.92 Å². The standard InChI is InChI=1S/C17H18F2N4O2/c1-11(9-22-6-2-5-20-22)21-17(25)12-7-16(24)23(10-12)15-4-3-13(18)8-14(15)19/h2-6,8,11-12H,7,9-10H2,1H3,(H,21,25)/t11-,12-/m1/s1. The molecule has 1 aromatic carbocycles. The fourth-order valence-electron chi connectivity index (χ4n) is 2.91. The van der Waals surface area contributed by atoms with E-state index in [1.54, 1.807) is 23.1 Å². The van der Waals surface area contributed by atoms with Crippen molar-refractivity contribution >= 4 is 17.5 Å². The number of amides is 2. The number of rotatable bonds is 5. The van der Waals surface area contributed by atoms with Crippen LogP contribution in [0, 0.1) is 17.6 Å². The first kappa shape index (κ1) is 17.1. The molecule has 1 aliphatic rings. The molecule has 132 valence electrons. The number of hydrogen-bond acceptors (Lipinski definition) is 3. The van der Waals surface area contributed by atoms with Crippen LogP contribution in [0.4, 0.5) is 14.5 Å². The minimum atomic E-state index is -0.818. The van der Waals surface area contributed by atoms with Crippen molar-refractivity contribution in [3.05, 3.63) is 48.3 Å². The number of nitrogens with one attached hydrogen (secondary N) is 1. The third kappa shape index (κ3) is 3.84. The molecule has 3 rings (SSSR count). The number of hydrogen-bond donors (Lipinski definition) is 1. The molecule has 25 heavy (non-hydrogen) atoms. The van der Waals surface area contributed by atoms with Gasteiger partial charge in [0.1, 0.15) is 11.6 Å². The molecule has 8 heteroatoms. The van der Waals surface area contributed by atoms with Gasteiger partial charge in [0.05, 0.1) is 18.2 Å². The summed E-state index contributed by atoms with van der Waals surface area (Å²) in [5.41, 5.74) is -0.00807. The average molecular weight is 348 g/mol. The second kappa shape index (κ2) is 7.00. The lowest BCUT2D eigenvalue weighted by atomic mass is 10.1. The summed E-state index contributed by atoms with van der Waals surface area (Å²) in [6.45, 7) is 2.42. The SMILES string of the molecule is C[C@H](Cn1cccn1)NC(=O)[C@@H]1CC(=O)N(c2ccc(F)cc2F)C1. The predicted octanol–water partition coefficient (Wildman–Crippen LogP) is 1.72. The number of carbonyl (C=O) groups excluding carboxylic acids is 2. The molecule has 0 unspecified atom stereocenters. The monoisotopic (exact) mass is 348 g/mol. The molecule has 0 radical (unpaired) electrons. The van der Waals surface area contributed by atoms with E-state index in [-0.39, 0.29) is 36.5 Å². The first-order chi connectivity index (χ1) is 11.9. The zero-order valence-electron chi connectivity index (χ0n) is 13.7. The number of anilines is 1. The Morgan fingerprint density at radius 2 is 2.24 bits per heavy atom. The molecular formula is C17H18F2N4O2. The molecule has 1 N–H and O–H groups in total. The summed E-state index contributed by atoms with van der Waals surface area (Å²) in [4.78, 5) is 25.7. The van der Waals surface area contributed by atoms with Gasteiger partial charge in [-0.25, -0.2) is 8.78 Å². The van der Waals surface area contributed by atoms with E-state index >= 15 is 0 Å². The Hall–Kier alpha value is -2.77. The van der Waals surface area contributed by atoms with Gasteiger partial charge in [-0.05, 0) is 25.1 Å². The van der Waals surface area contributed by atoms with Crippen molar-refractivity contribution in [3.63, 3.8) is 0 Å². The molecule has 1 saturated heterocycles. The van der Waals surface area contributed by atoms with Crippen molar-refractivity contribution < 1.29 is 18.4 Å². The Morgan fingerprint density at radius 1 is 1.44 bits per heavy atom. The van der Waals surface area contributed by atoms with Crippen LogP contribution >= 0.6 is 0 Å². The van der Waals surface area contributed by atoms with Gasteiger partial charge in [-0.15, -0.1) is 0 Å². The summed E-state index contributed by atoms with van der Waals surface area (Å²) in [5.74, 6) is -2.73. The van der Waals surface area contributed by atoms with Crippen LogP contribution in [0.5, 0.6) is 0 Å². The molecule has 0 bridgehead atoms. The normalized spacial score (nSPS) is 18.4. The minimum Gasteiger partial charge on any atom is -0.351 e. The Labute approximate surface area is 143 Å². The van der Waals surface area contributed by atoms with Gasteiger partial charge < -0.3 is 10.2 Å². The fraction of sp³-hybridized carbons (Fsp3) is 0.353. The lowest BCUT2D eigenvalue weighted by Gasteiger charge is -2.19. The van der Waals surface area contributed by atoms with Crippen LogP contribution in [-0.4, -0.2) is 34.2 Å². The first-order valence-corrected chi connectivity index (χ1v) is 7.97. The highest BCUT2D eigenvalue weighted by atomic mass is 19.1. The van der Waals surface area contributed by atoms with Gasteiger partial charge in [0.15, 0.2) is 0 Å². The van der Waals surface area contributed by atoms with Gasteiger partial charge in [0.2, 0.25) is 11.8 Å². The van der Waals surface area contributed by atoms with Gasteiger partial charge in [-0.1, -0.05) is 0 Å². The van der Waals surface area contributed by atoms with Crippen LogP contribution in [0.1, 0.15) is 13.3 Å². The van der Waals surface area contributed by atoms with Crippen LogP contribution in [0.15, 0.2) is 36.7 Å². The van der Waals surface area contributed by atoms with E-state index in [9.17, 15) is 18.4 Å². The van der Waals surface area contributed by atoms with Crippen molar-refractivity contribution in [3.8, 4) is 0 Å². The number of carbonyl (C=O) groups is 2. The van der Waals surface area contributed by atoms with Gasteiger partial charge in [-0.3, -0.25) is 14.3 Å². The maximum Gasteiger partial charge on any atom is 0.227 e. The van der Waals surface area contributed by atoms with Crippen LogP contribution in [-0.2, 0) is 16.1 Å². The molecule has 1 aliphatic heterocycles. The van der Waals surface area contributed by atoms with Crippen LogP contribution in [0.2, 0.25) is 0 Å². The zero-order chi connectivity index (χ0) is 18.0. The molecule has 1 aromatic heterocycles. The molecule has 2 aromatic rings. The van der Waals surface area contributed by atoms with E-state index in [2.05, 4.69) is 10.4 Å². The van der Waals surface area contributed by atoms with Crippen molar-refractivity contribution in [1.29, 1.82) is 0 Å². The number of aromatic nitrogens is 2. The smallest absolute Gasteiger partial charge is 0.227 e. The highest BCUT2D eigenvalue weighted by Crippen LogP contribution is 2.28. The second-order valence-corrected chi connectivity index (χ2v) is 6.14. The van der Waals surface area contributed by atoms with Gasteiger partial charge in [-0.2, -0.15) is 5.10 Å². The van der Waals surface area contributed by atoms with Crippen LogP contribution < -0.4 is 10.2 Å². The summed E-state index contributed by atoms with van der Waals surface area (Å²) in [6.07, 6.45) is 3.44. The van der Waals surface area contributed by atoms with E-state index < -0.39 is 17.6 Å². The van der Waals surface area contributed by atoms with Crippen molar-refractivity contribution in [2.45, 2.75) is 25.9 Å². The Kier molecular flexibility index (Phi) is 4.78. The van der Waals surface area contributed by atoms with E-state index in [1.165, 1.54) is 11.0 Å². The highest BCUT2D eigenvalue weighted by Gasteiger charge is 2.36. The molecule has 2 atom stereocenters. The highest BCUT2D eigenvalue weighted by molar-refractivity contribution is 6.00. The maximum atomic E-state index is 13.9. The topological polar surface area (TPSA) is 67.2 Å². The summed E-state index contributed by atoms with van der Waals surface area (Å²) >= 11 is 0.